The van der Waals surface area contributed by atoms with Crippen molar-refractivity contribution in [3.8, 4) is 0 Å². The van der Waals surface area contributed by atoms with Crippen molar-refractivity contribution in [3.05, 3.63) is 0 Å². The average Bonchev–Trinajstić information content (AvgIpc) is 2.00. The van der Waals surface area contributed by atoms with E-state index in [-0.39, 0.29) is 25.0 Å². The molecule has 0 aromatic rings. The van der Waals surface area contributed by atoms with E-state index in [1.807, 2.05) is 0 Å². The van der Waals surface area contributed by atoms with Crippen LogP contribution in [0.4, 0.5) is 0 Å². The Kier molecular flexibility index (Phi) is 5.73. The number of esters is 1. The van der Waals surface area contributed by atoms with Crippen molar-refractivity contribution in [2.75, 3.05) is 20.8 Å². The summed E-state index contributed by atoms with van der Waals surface area (Å²) in [4.78, 5) is 19.4. The molecule has 11 heavy (non-hydrogen) atoms. The van der Waals surface area contributed by atoms with E-state index in [1.165, 1.54) is 14.2 Å². The van der Waals surface area contributed by atoms with Crippen LogP contribution in [-0.2, 0) is 19.3 Å². The number of carbonyl (C=O) groups is 1. The highest BCUT2D eigenvalue weighted by atomic mass is 17.2. The molecule has 0 unspecified atom stereocenters. The molecule has 1 atom stereocenters. The second-order valence-corrected chi connectivity index (χ2v) is 1.99. The number of carbonyl (C=O) groups excluding carboxylic acids is 1. The molecule has 0 aromatic carbocycles. The van der Waals surface area contributed by atoms with Crippen LogP contribution in [0.2, 0.25) is 0 Å². The van der Waals surface area contributed by atoms with E-state index >= 15 is 0 Å². The molecule has 0 rings (SSSR count). The second-order valence-electron chi connectivity index (χ2n) is 1.99. The molecular formula is C6H13NO4. The van der Waals surface area contributed by atoms with E-state index in [4.69, 9.17) is 5.73 Å². The lowest BCUT2D eigenvalue weighted by Crippen LogP contribution is -2.29. The van der Waals surface area contributed by atoms with Gasteiger partial charge in [0.1, 0.15) is 0 Å². The number of hydrogen-bond donors (Lipinski definition) is 1. The summed E-state index contributed by atoms with van der Waals surface area (Å²) in [6.07, 6.45) is 0.139. The highest BCUT2D eigenvalue weighted by molar-refractivity contribution is 5.69. The number of methoxy groups -OCH3 is 1. The predicted octanol–water partition coefficient (Wildman–Crippen LogP) is -0.545. The molecule has 0 bridgehead atoms. The van der Waals surface area contributed by atoms with Gasteiger partial charge < -0.3 is 10.5 Å². The number of ether oxygens (including phenoxy) is 1. The lowest BCUT2D eigenvalue weighted by Gasteiger charge is -2.07. The molecule has 0 saturated heterocycles. The summed E-state index contributed by atoms with van der Waals surface area (Å²) in [5.41, 5.74) is 5.43. The molecule has 0 aliphatic rings. The molecule has 0 saturated carbocycles. The van der Waals surface area contributed by atoms with E-state index in [2.05, 4.69) is 14.5 Å². The third kappa shape index (κ3) is 5.78. The van der Waals surface area contributed by atoms with Crippen LogP contribution in [-0.4, -0.2) is 32.8 Å². The zero-order valence-electron chi connectivity index (χ0n) is 6.70. The van der Waals surface area contributed by atoms with Crippen molar-refractivity contribution in [3.63, 3.8) is 0 Å². The fourth-order valence-electron chi connectivity index (χ4n) is 0.512. The Labute approximate surface area is 65.3 Å². The topological polar surface area (TPSA) is 70.8 Å². The summed E-state index contributed by atoms with van der Waals surface area (Å²) in [6, 6.07) is -0.373. The molecule has 5 heteroatoms. The van der Waals surface area contributed by atoms with Crippen molar-refractivity contribution >= 4 is 5.97 Å². The maximum atomic E-state index is 10.6. The molecule has 0 aliphatic heterocycles. The summed E-state index contributed by atoms with van der Waals surface area (Å²) in [5.74, 6) is -0.350. The molecule has 5 nitrogen and oxygen atoms in total. The van der Waals surface area contributed by atoms with Gasteiger partial charge in [0.2, 0.25) is 0 Å². The molecule has 0 spiro atoms. The third-order valence-corrected chi connectivity index (χ3v) is 1.06. The van der Waals surface area contributed by atoms with Gasteiger partial charge in [-0.2, -0.15) is 0 Å². The van der Waals surface area contributed by atoms with Crippen molar-refractivity contribution in [2.45, 2.75) is 12.5 Å². The van der Waals surface area contributed by atoms with Crippen LogP contribution in [0.15, 0.2) is 0 Å². The Hall–Kier alpha value is -0.650. The Morgan fingerprint density at radius 3 is 2.64 bits per heavy atom. The van der Waals surface area contributed by atoms with E-state index in [1.54, 1.807) is 0 Å². The minimum Gasteiger partial charge on any atom is -0.469 e. The van der Waals surface area contributed by atoms with Crippen molar-refractivity contribution in [2.24, 2.45) is 5.73 Å². The average molecular weight is 163 g/mol. The quantitative estimate of drug-likeness (QED) is 0.334. The van der Waals surface area contributed by atoms with Gasteiger partial charge in [-0.15, -0.1) is 0 Å². The zero-order valence-corrected chi connectivity index (χ0v) is 6.70. The Balaban J connectivity index is 3.35. The molecule has 0 radical (unpaired) electrons. The highest BCUT2D eigenvalue weighted by Crippen LogP contribution is 1.91. The van der Waals surface area contributed by atoms with Crippen LogP contribution in [0.25, 0.3) is 0 Å². The van der Waals surface area contributed by atoms with E-state index < -0.39 is 0 Å². The minimum atomic E-state index is -0.373. The molecule has 0 aliphatic carbocycles. The van der Waals surface area contributed by atoms with Crippen LogP contribution in [0, 0.1) is 0 Å². The summed E-state index contributed by atoms with van der Waals surface area (Å²) in [6.45, 7) is 0.186. The van der Waals surface area contributed by atoms with Crippen molar-refractivity contribution in [1.82, 2.24) is 0 Å². The molecule has 0 aromatic heterocycles. The van der Waals surface area contributed by atoms with Crippen LogP contribution in [0.1, 0.15) is 6.42 Å². The molecule has 66 valence electrons. The lowest BCUT2D eigenvalue weighted by molar-refractivity contribution is -0.274. The number of hydrogen-bond acceptors (Lipinski definition) is 5. The monoisotopic (exact) mass is 163 g/mol. The number of nitrogens with two attached hydrogens (primary N) is 1. The molecule has 0 fully saturated rings. The summed E-state index contributed by atoms with van der Waals surface area (Å²) in [5, 5.41) is 0. The van der Waals surface area contributed by atoms with Crippen LogP contribution < -0.4 is 5.73 Å². The molecule has 0 amide bonds. The maximum absolute atomic E-state index is 10.6. The van der Waals surface area contributed by atoms with Gasteiger partial charge >= 0.3 is 5.97 Å². The maximum Gasteiger partial charge on any atom is 0.307 e. The van der Waals surface area contributed by atoms with Gasteiger partial charge in [-0.05, 0) is 0 Å². The fourth-order valence-corrected chi connectivity index (χ4v) is 0.512. The van der Waals surface area contributed by atoms with Crippen LogP contribution in [0.3, 0.4) is 0 Å². The predicted molar refractivity (Wildman–Crippen MR) is 37.6 cm³/mol. The Bertz CT molecular complexity index is 117. The first-order chi connectivity index (χ1) is 5.20. The lowest BCUT2D eigenvalue weighted by atomic mass is 10.2. The first kappa shape index (κ1) is 10.3. The Morgan fingerprint density at radius 2 is 2.18 bits per heavy atom. The SMILES string of the molecule is COOC[C@@H](N)CC(=O)OC. The third-order valence-electron chi connectivity index (χ3n) is 1.06. The van der Waals surface area contributed by atoms with Crippen LogP contribution in [0.5, 0.6) is 0 Å². The van der Waals surface area contributed by atoms with E-state index in [0.717, 1.165) is 0 Å². The standard InChI is InChI=1S/C6H13NO4/c1-9-6(8)3-5(7)4-11-10-2/h5H,3-4,7H2,1-2H3/t5-/m0/s1. The van der Waals surface area contributed by atoms with Gasteiger partial charge in [0.25, 0.3) is 0 Å². The largest absolute Gasteiger partial charge is 0.469 e. The summed E-state index contributed by atoms with van der Waals surface area (Å²) in [7, 11) is 2.69. The van der Waals surface area contributed by atoms with Gasteiger partial charge in [-0.25, -0.2) is 9.78 Å². The van der Waals surface area contributed by atoms with Gasteiger partial charge in [0, 0.05) is 6.04 Å². The number of rotatable bonds is 5. The van der Waals surface area contributed by atoms with Crippen LogP contribution >= 0.6 is 0 Å². The first-order valence-corrected chi connectivity index (χ1v) is 3.18. The Morgan fingerprint density at radius 1 is 1.55 bits per heavy atom. The zero-order chi connectivity index (χ0) is 8.69. The smallest absolute Gasteiger partial charge is 0.307 e. The summed E-state index contributed by atoms with van der Waals surface area (Å²) >= 11 is 0. The molecule has 2 N–H and O–H groups in total. The molecular weight excluding hydrogens is 150 g/mol. The van der Waals surface area contributed by atoms with Crippen molar-refractivity contribution < 1.29 is 19.3 Å². The first-order valence-electron chi connectivity index (χ1n) is 3.18. The van der Waals surface area contributed by atoms with Gasteiger partial charge in [-0.1, -0.05) is 0 Å². The van der Waals surface area contributed by atoms with Crippen molar-refractivity contribution in [1.29, 1.82) is 0 Å². The minimum absolute atomic E-state index is 0.139. The van der Waals surface area contributed by atoms with Gasteiger partial charge in [0.05, 0.1) is 27.2 Å². The fraction of sp³-hybridized carbons (Fsp3) is 0.833. The van der Waals surface area contributed by atoms with E-state index in [9.17, 15) is 4.79 Å². The van der Waals surface area contributed by atoms with Gasteiger partial charge in [0.15, 0.2) is 0 Å². The summed E-state index contributed by atoms with van der Waals surface area (Å²) < 4.78 is 4.39. The van der Waals surface area contributed by atoms with E-state index in [0.29, 0.717) is 0 Å². The normalized spacial score (nSPS) is 12.6. The van der Waals surface area contributed by atoms with Gasteiger partial charge in [-0.3, -0.25) is 4.79 Å². The highest BCUT2D eigenvalue weighted by Gasteiger charge is 2.09. The second kappa shape index (κ2) is 6.09. The molecule has 0 heterocycles.